The van der Waals surface area contributed by atoms with Gasteiger partial charge in [-0.15, -0.1) is 0 Å². The van der Waals surface area contributed by atoms with Gasteiger partial charge in [0.05, 0.1) is 6.42 Å². The fourth-order valence-electron chi connectivity index (χ4n) is 2.25. The van der Waals surface area contributed by atoms with E-state index in [1.807, 2.05) is 0 Å². The molecule has 1 aliphatic rings. The SMILES string of the molecule is O=C(O)Cc1ccccc1NC(=O)N1CCCCC1. The average molecular weight is 262 g/mol. The van der Waals surface area contributed by atoms with Crippen LogP contribution in [-0.2, 0) is 11.2 Å². The lowest BCUT2D eigenvalue weighted by Crippen LogP contribution is -2.38. The van der Waals surface area contributed by atoms with Crippen molar-refractivity contribution in [2.24, 2.45) is 0 Å². The van der Waals surface area contributed by atoms with Crippen LogP contribution in [0.4, 0.5) is 10.5 Å². The molecule has 0 saturated carbocycles. The highest BCUT2D eigenvalue weighted by Crippen LogP contribution is 2.17. The second-order valence-corrected chi connectivity index (χ2v) is 4.71. The third kappa shape index (κ3) is 3.71. The van der Waals surface area contributed by atoms with Crippen LogP contribution in [0.5, 0.6) is 0 Å². The Balaban J connectivity index is 2.05. The van der Waals surface area contributed by atoms with Gasteiger partial charge >= 0.3 is 12.0 Å². The largest absolute Gasteiger partial charge is 0.481 e. The summed E-state index contributed by atoms with van der Waals surface area (Å²) in [5.41, 5.74) is 1.21. The number of aliphatic carboxylic acids is 1. The van der Waals surface area contributed by atoms with Crippen LogP contribution < -0.4 is 5.32 Å². The zero-order chi connectivity index (χ0) is 13.7. The summed E-state index contributed by atoms with van der Waals surface area (Å²) in [6, 6.07) is 6.88. The van der Waals surface area contributed by atoms with Gasteiger partial charge in [0.25, 0.3) is 0 Å². The van der Waals surface area contributed by atoms with Crippen LogP contribution in [0.2, 0.25) is 0 Å². The van der Waals surface area contributed by atoms with Crippen molar-refractivity contribution in [3.8, 4) is 0 Å². The molecule has 2 N–H and O–H groups in total. The minimum Gasteiger partial charge on any atom is -0.481 e. The first-order chi connectivity index (χ1) is 9.16. The molecule has 0 aromatic heterocycles. The predicted molar refractivity (Wildman–Crippen MR) is 72.2 cm³/mol. The summed E-state index contributed by atoms with van der Waals surface area (Å²) >= 11 is 0. The van der Waals surface area contributed by atoms with Gasteiger partial charge in [-0.1, -0.05) is 18.2 Å². The van der Waals surface area contributed by atoms with E-state index in [0.717, 1.165) is 25.9 Å². The summed E-state index contributed by atoms with van der Waals surface area (Å²) in [4.78, 5) is 24.6. The summed E-state index contributed by atoms with van der Waals surface area (Å²) < 4.78 is 0. The molecule has 0 atom stereocenters. The second-order valence-electron chi connectivity index (χ2n) is 4.71. The maximum Gasteiger partial charge on any atom is 0.321 e. The number of para-hydroxylation sites is 1. The molecule has 1 aromatic rings. The maximum atomic E-state index is 12.1. The molecule has 2 rings (SSSR count). The number of piperidine rings is 1. The Morgan fingerprint density at radius 3 is 2.53 bits per heavy atom. The number of hydrogen-bond donors (Lipinski definition) is 2. The number of urea groups is 1. The van der Waals surface area contributed by atoms with E-state index in [1.165, 1.54) is 6.42 Å². The Kier molecular flexibility index (Phi) is 4.39. The van der Waals surface area contributed by atoms with Crippen LogP contribution in [0.25, 0.3) is 0 Å². The Bertz CT molecular complexity index is 468. The minimum absolute atomic E-state index is 0.0869. The number of hydrogen-bond acceptors (Lipinski definition) is 2. The van der Waals surface area contributed by atoms with Crippen molar-refractivity contribution in [3.05, 3.63) is 29.8 Å². The lowest BCUT2D eigenvalue weighted by atomic mass is 10.1. The molecule has 19 heavy (non-hydrogen) atoms. The number of amides is 2. The average Bonchev–Trinajstić information content (AvgIpc) is 2.41. The van der Waals surface area contributed by atoms with Gasteiger partial charge in [0.2, 0.25) is 0 Å². The highest BCUT2D eigenvalue weighted by molar-refractivity contribution is 5.91. The Labute approximate surface area is 112 Å². The highest BCUT2D eigenvalue weighted by Gasteiger charge is 2.17. The number of nitrogens with zero attached hydrogens (tertiary/aromatic N) is 1. The standard InChI is InChI=1S/C14H18N2O3/c17-13(18)10-11-6-2-3-7-12(11)15-14(19)16-8-4-1-5-9-16/h2-3,6-7H,1,4-5,8-10H2,(H,15,19)(H,17,18). The molecule has 1 aromatic carbocycles. The van der Waals surface area contributed by atoms with Crippen molar-refractivity contribution in [1.82, 2.24) is 4.90 Å². The summed E-state index contributed by atoms with van der Waals surface area (Å²) in [5.74, 6) is -0.903. The summed E-state index contributed by atoms with van der Waals surface area (Å²) in [6.07, 6.45) is 3.14. The molecular formula is C14H18N2O3. The van der Waals surface area contributed by atoms with Gasteiger partial charge in [0.1, 0.15) is 0 Å². The van der Waals surface area contributed by atoms with Crippen LogP contribution in [-0.4, -0.2) is 35.1 Å². The summed E-state index contributed by atoms with van der Waals surface area (Å²) in [7, 11) is 0. The van der Waals surface area contributed by atoms with E-state index < -0.39 is 5.97 Å². The topological polar surface area (TPSA) is 69.6 Å². The molecule has 5 nitrogen and oxygen atoms in total. The Morgan fingerprint density at radius 1 is 1.16 bits per heavy atom. The van der Waals surface area contributed by atoms with Crippen LogP contribution in [0.1, 0.15) is 24.8 Å². The van der Waals surface area contributed by atoms with Gasteiger partial charge in [-0.3, -0.25) is 4.79 Å². The highest BCUT2D eigenvalue weighted by atomic mass is 16.4. The molecule has 0 unspecified atom stereocenters. The number of likely N-dealkylation sites (tertiary alicyclic amines) is 1. The Morgan fingerprint density at radius 2 is 1.84 bits per heavy atom. The smallest absolute Gasteiger partial charge is 0.321 e. The molecule has 1 heterocycles. The van der Waals surface area contributed by atoms with Crippen molar-refractivity contribution in [2.75, 3.05) is 18.4 Å². The minimum atomic E-state index is -0.903. The maximum absolute atomic E-state index is 12.1. The lowest BCUT2D eigenvalue weighted by molar-refractivity contribution is -0.136. The number of carbonyl (C=O) groups excluding carboxylic acids is 1. The first-order valence-electron chi connectivity index (χ1n) is 6.52. The zero-order valence-corrected chi connectivity index (χ0v) is 10.8. The third-order valence-corrected chi connectivity index (χ3v) is 3.24. The quantitative estimate of drug-likeness (QED) is 0.878. The van der Waals surface area contributed by atoms with Gasteiger partial charge in [0, 0.05) is 18.8 Å². The normalized spacial score (nSPS) is 15.1. The van der Waals surface area contributed by atoms with Gasteiger partial charge in [-0.25, -0.2) is 4.79 Å². The molecule has 2 amide bonds. The summed E-state index contributed by atoms with van der Waals surface area (Å²) in [5, 5.41) is 11.7. The predicted octanol–water partition coefficient (Wildman–Crippen LogP) is 2.33. The molecular weight excluding hydrogens is 244 g/mol. The number of nitrogens with one attached hydrogen (secondary N) is 1. The van der Waals surface area contributed by atoms with E-state index >= 15 is 0 Å². The monoisotopic (exact) mass is 262 g/mol. The third-order valence-electron chi connectivity index (χ3n) is 3.24. The van der Waals surface area contributed by atoms with E-state index in [4.69, 9.17) is 5.11 Å². The van der Waals surface area contributed by atoms with E-state index in [9.17, 15) is 9.59 Å². The molecule has 1 saturated heterocycles. The van der Waals surface area contributed by atoms with Crippen molar-refractivity contribution < 1.29 is 14.7 Å². The number of rotatable bonds is 3. The van der Waals surface area contributed by atoms with Crippen molar-refractivity contribution in [3.63, 3.8) is 0 Å². The molecule has 102 valence electrons. The van der Waals surface area contributed by atoms with E-state index in [-0.39, 0.29) is 12.5 Å². The van der Waals surface area contributed by atoms with Gasteiger partial charge in [-0.05, 0) is 30.9 Å². The van der Waals surface area contributed by atoms with E-state index in [2.05, 4.69) is 5.32 Å². The number of carboxylic acids is 1. The zero-order valence-electron chi connectivity index (χ0n) is 10.8. The molecule has 1 fully saturated rings. The number of carboxylic acid groups (broad SMARTS) is 1. The van der Waals surface area contributed by atoms with Gasteiger partial charge in [0.15, 0.2) is 0 Å². The molecule has 0 aliphatic carbocycles. The molecule has 0 bridgehead atoms. The first-order valence-corrected chi connectivity index (χ1v) is 6.52. The number of anilines is 1. The summed E-state index contributed by atoms with van der Waals surface area (Å²) in [6.45, 7) is 1.54. The van der Waals surface area contributed by atoms with E-state index in [1.54, 1.807) is 29.2 Å². The fourth-order valence-corrected chi connectivity index (χ4v) is 2.25. The molecule has 1 aliphatic heterocycles. The van der Waals surface area contributed by atoms with Crippen molar-refractivity contribution >= 4 is 17.7 Å². The fraction of sp³-hybridized carbons (Fsp3) is 0.429. The van der Waals surface area contributed by atoms with Crippen molar-refractivity contribution in [2.45, 2.75) is 25.7 Å². The van der Waals surface area contributed by atoms with E-state index in [0.29, 0.717) is 11.3 Å². The Hall–Kier alpha value is -2.04. The first kappa shape index (κ1) is 13.4. The second kappa shape index (κ2) is 6.22. The lowest BCUT2D eigenvalue weighted by Gasteiger charge is -2.27. The van der Waals surface area contributed by atoms with Crippen LogP contribution in [0.15, 0.2) is 24.3 Å². The molecule has 0 spiro atoms. The van der Waals surface area contributed by atoms with Gasteiger partial charge in [-0.2, -0.15) is 0 Å². The molecule has 0 radical (unpaired) electrons. The number of carbonyl (C=O) groups is 2. The van der Waals surface area contributed by atoms with Crippen LogP contribution in [0.3, 0.4) is 0 Å². The van der Waals surface area contributed by atoms with Crippen LogP contribution in [0, 0.1) is 0 Å². The number of benzene rings is 1. The molecule has 5 heteroatoms. The van der Waals surface area contributed by atoms with Crippen molar-refractivity contribution in [1.29, 1.82) is 0 Å². The van der Waals surface area contributed by atoms with Crippen LogP contribution >= 0.6 is 0 Å². The van der Waals surface area contributed by atoms with Gasteiger partial charge < -0.3 is 15.3 Å².